The van der Waals surface area contributed by atoms with Gasteiger partial charge in [-0.15, -0.1) is 0 Å². The lowest BCUT2D eigenvalue weighted by Gasteiger charge is -2.33. The predicted molar refractivity (Wildman–Crippen MR) is 86.3 cm³/mol. The van der Waals surface area contributed by atoms with E-state index >= 15 is 0 Å². The van der Waals surface area contributed by atoms with Crippen LogP contribution in [0, 0.1) is 11.8 Å². The van der Waals surface area contributed by atoms with Crippen molar-refractivity contribution in [3.8, 4) is 0 Å². The van der Waals surface area contributed by atoms with E-state index in [1.165, 1.54) is 24.0 Å². The van der Waals surface area contributed by atoms with Crippen molar-refractivity contribution in [1.29, 1.82) is 0 Å². The van der Waals surface area contributed by atoms with Crippen LogP contribution < -0.4 is 5.32 Å². The second-order valence-electron chi connectivity index (χ2n) is 6.97. The first-order valence-corrected chi connectivity index (χ1v) is 9.91. The molecule has 4 nitrogen and oxygen atoms in total. The van der Waals surface area contributed by atoms with Gasteiger partial charge in [0.1, 0.15) is 0 Å². The number of aryl methyl sites for hydroxylation is 2. The van der Waals surface area contributed by atoms with E-state index in [0.717, 1.165) is 32.4 Å². The Labute approximate surface area is 132 Å². The van der Waals surface area contributed by atoms with Crippen molar-refractivity contribution in [1.82, 2.24) is 9.62 Å². The molecule has 0 saturated carbocycles. The van der Waals surface area contributed by atoms with E-state index < -0.39 is 10.0 Å². The molecule has 0 bridgehead atoms. The van der Waals surface area contributed by atoms with Crippen molar-refractivity contribution >= 4 is 10.0 Å². The van der Waals surface area contributed by atoms with Crippen LogP contribution in [-0.4, -0.2) is 38.9 Å². The third kappa shape index (κ3) is 2.49. The molecule has 22 heavy (non-hydrogen) atoms. The molecule has 0 aromatic heterocycles. The average molecular weight is 320 g/mol. The molecule has 1 aromatic rings. The van der Waals surface area contributed by atoms with E-state index in [9.17, 15) is 8.42 Å². The number of nitrogens with zero attached hydrogens (tertiary/aromatic N) is 1. The summed E-state index contributed by atoms with van der Waals surface area (Å²) >= 11 is 0. The van der Waals surface area contributed by atoms with Crippen LogP contribution in [0.3, 0.4) is 0 Å². The topological polar surface area (TPSA) is 49.4 Å². The highest BCUT2D eigenvalue weighted by Crippen LogP contribution is 2.31. The van der Waals surface area contributed by atoms with E-state index in [0.29, 0.717) is 29.8 Å². The zero-order chi connectivity index (χ0) is 15.2. The van der Waals surface area contributed by atoms with Gasteiger partial charge >= 0.3 is 0 Å². The first-order valence-electron chi connectivity index (χ1n) is 8.47. The molecular formula is C17H24N2O2S. The fourth-order valence-electron chi connectivity index (χ4n) is 4.24. The maximum Gasteiger partial charge on any atom is 0.243 e. The first-order chi connectivity index (χ1) is 10.6. The van der Waals surface area contributed by atoms with Crippen molar-refractivity contribution < 1.29 is 8.42 Å². The van der Waals surface area contributed by atoms with Crippen molar-refractivity contribution in [2.45, 2.75) is 37.0 Å². The minimum absolute atomic E-state index is 0.487. The maximum atomic E-state index is 13.0. The molecule has 1 aliphatic carbocycles. The largest absolute Gasteiger partial charge is 0.316 e. The highest BCUT2D eigenvalue weighted by Gasteiger charge is 2.37. The minimum atomic E-state index is -3.33. The van der Waals surface area contributed by atoms with E-state index in [1.807, 2.05) is 18.2 Å². The zero-order valence-electron chi connectivity index (χ0n) is 12.9. The number of fused-ring (bicyclic) bond motifs is 2. The van der Waals surface area contributed by atoms with Crippen molar-refractivity contribution in [2.75, 3.05) is 26.2 Å². The van der Waals surface area contributed by atoms with Crippen LogP contribution >= 0.6 is 0 Å². The average Bonchev–Trinajstić information content (AvgIpc) is 3.02. The van der Waals surface area contributed by atoms with Crippen molar-refractivity contribution in [3.63, 3.8) is 0 Å². The summed E-state index contributed by atoms with van der Waals surface area (Å²) in [6.07, 6.45) is 5.50. The Bertz CT molecular complexity index is 671. The lowest BCUT2D eigenvalue weighted by Crippen LogP contribution is -2.43. The van der Waals surface area contributed by atoms with Crippen LogP contribution in [-0.2, 0) is 22.9 Å². The summed E-state index contributed by atoms with van der Waals surface area (Å²) in [5, 5.41) is 3.40. The molecule has 2 unspecified atom stereocenters. The Balaban J connectivity index is 1.60. The molecule has 2 atom stereocenters. The molecular weight excluding hydrogens is 296 g/mol. The summed E-state index contributed by atoms with van der Waals surface area (Å²) in [7, 11) is -3.33. The molecule has 4 rings (SSSR count). The molecule has 5 heteroatoms. The molecule has 0 spiro atoms. The fourth-order valence-corrected chi connectivity index (χ4v) is 5.80. The molecule has 1 N–H and O–H groups in total. The second-order valence-corrected chi connectivity index (χ2v) is 8.91. The van der Waals surface area contributed by atoms with Crippen LogP contribution in [0.25, 0.3) is 0 Å². The van der Waals surface area contributed by atoms with Gasteiger partial charge in [-0.2, -0.15) is 4.31 Å². The molecule has 120 valence electrons. The van der Waals surface area contributed by atoms with Crippen LogP contribution in [0.1, 0.15) is 30.4 Å². The normalized spacial score (nSPS) is 29.1. The quantitative estimate of drug-likeness (QED) is 0.904. The van der Waals surface area contributed by atoms with E-state index in [2.05, 4.69) is 5.32 Å². The van der Waals surface area contributed by atoms with Gasteiger partial charge in [-0.25, -0.2) is 8.42 Å². The summed E-state index contributed by atoms with van der Waals surface area (Å²) in [5.74, 6) is 1.15. The van der Waals surface area contributed by atoms with Crippen LogP contribution in [0.15, 0.2) is 23.1 Å². The summed E-state index contributed by atoms with van der Waals surface area (Å²) in [6.45, 7) is 3.36. The van der Waals surface area contributed by atoms with Crippen LogP contribution in [0.2, 0.25) is 0 Å². The first kappa shape index (κ1) is 14.7. The molecule has 3 aliphatic rings. The van der Waals surface area contributed by atoms with Gasteiger partial charge in [0.05, 0.1) is 4.90 Å². The highest BCUT2D eigenvalue weighted by molar-refractivity contribution is 7.89. The van der Waals surface area contributed by atoms with E-state index in [4.69, 9.17) is 0 Å². The molecule has 2 saturated heterocycles. The van der Waals surface area contributed by atoms with Gasteiger partial charge in [0, 0.05) is 13.1 Å². The van der Waals surface area contributed by atoms with Gasteiger partial charge in [0.25, 0.3) is 0 Å². The molecule has 2 aliphatic heterocycles. The van der Waals surface area contributed by atoms with E-state index in [1.54, 1.807) is 4.31 Å². The maximum absolute atomic E-state index is 13.0. The SMILES string of the molecule is O=S(=O)(c1ccc2c(c1)CCCC2)N1CCC2CNCC2C1. The smallest absolute Gasteiger partial charge is 0.243 e. The second kappa shape index (κ2) is 5.62. The van der Waals surface area contributed by atoms with Gasteiger partial charge in [-0.3, -0.25) is 0 Å². The molecule has 0 radical (unpaired) electrons. The lowest BCUT2D eigenvalue weighted by molar-refractivity contribution is 0.228. The minimum Gasteiger partial charge on any atom is -0.316 e. The third-order valence-corrected chi connectivity index (χ3v) is 7.49. The summed E-state index contributed by atoms with van der Waals surface area (Å²) in [6, 6.07) is 5.78. The fraction of sp³-hybridized carbons (Fsp3) is 0.647. The molecule has 0 amide bonds. The third-order valence-electron chi connectivity index (χ3n) is 5.62. The van der Waals surface area contributed by atoms with Gasteiger partial charge in [0.2, 0.25) is 10.0 Å². The number of hydrogen-bond donors (Lipinski definition) is 1. The Morgan fingerprint density at radius 1 is 1.05 bits per heavy atom. The van der Waals surface area contributed by atoms with Gasteiger partial charge in [-0.05, 0) is 80.3 Å². The van der Waals surface area contributed by atoms with E-state index in [-0.39, 0.29) is 0 Å². The van der Waals surface area contributed by atoms with Crippen LogP contribution in [0.5, 0.6) is 0 Å². The Morgan fingerprint density at radius 3 is 2.68 bits per heavy atom. The predicted octanol–water partition coefficient (Wildman–Crippen LogP) is 1.80. The lowest BCUT2D eigenvalue weighted by atomic mass is 9.90. The Kier molecular flexibility index (Phi) is 3.75. The van der Waals surface area contributed by atoms with Crippen molar-refractivity contribution in [2.24, 2.45) is 11.8 Å². The molecule has 1 aromatic carbocycles. The Morgan fingerprint density at radius 2 is 1.82 bits per heavy atom. The van der Waals surface area contributed by atoms with Gasteiger partial charge in [-0.1, -0.05) is 6.07 Å². The highest BCUT2D eigenvalue weighted by atomic mass is 32.2. The molecule has 2 fully saturated rings. The summed E-state index contributed by atoms with van der Waals surface area (Å²) in [4.78, 5) is 0.498. The number of nitrogens with one attached hydrogen (secondary N) is 1. The summed E-state index contributed by atoms with van der Waals surface area (Å²) < 4.78 is 27.6. The standard InChI is InChI=1S/C17H24N2O2S/c20-22(21,19-8-7-15-10-18-11-16(15)12-19)17-6-5-13-3-1-2-4-14(13)9-17/h5-6,9,15-16,18H,1-4,7-8,10-12H2. The van der Waals surface area contributed by atoms with Crippen molar-refractivity contribution in [3.05, 3.63) is 29.3 Å². The Hall–Kier alpha value is -0.910. The van der Waals surface area contributed by atoms with Gasteiger partial charge in [0.15, 0.2) is 0 Å². The number of sulfonamides is 1. The monoisotopic (exact) mass is 320 g/mol. The number of hydrogen-bond acceptors (Lipinski definition) is 3. The van der Waals surface area contributed by atoms with Crippen LogP contribution in [0.4, 0.5) is 0 Å². The van der Waals surface area contributed by atoms with Gasteiger partial charge < -0.3 is 5.32 Å². The summed E-state index contributed by atoms with van der Waals surface area (Å²) in [5.41, 5.74) is 2.58. The zero-order valence-corrected chi connectivity index (χ0v) is 13.7. The molecule has 2 heterocycles. The number of piperidine rings is 1. The number of benzene rings is 1. The number of rotatable bonds is 2.